The zero-order valence-corrected chi connectivity index (χ0v) is 11.7. The van der Waals surface area contributed by atoms with Crippen LogP contribution in [0.25, 0.3) is 0 Å². The molecule has 1 atom stereocenters. The molecule has 1 aromatic carbocycles. The van der Waals surface area contributed by atoms with Gasteiger partial charge in [0.2, 0.25) is 0 Å². The number of anilines is 2. The highest BCUT2D eigenvalue weighted by molar-refractivity contribution is 5.92. The smallest absolute Gasteiger partial charge is 0.338 e. The minimum atomic E-state index is -0.313. The van der Waals surface area contributed by atoms with Gasteiger partial charge >= 0.3 is 5.97 Å². The van der Waals surface area contributed by atoms with Crippen LogP contribution in [0.15, 0.2) is 18.2 Å². The van der Waals surface area contributed by atoms with Crippen molar-refractivity contribution in [3.05, 3.63) is 23.8 Å². The normalized spacial score (nSPS) is 19.3. The molecule has 1 fully saturated rings. The van der Waals surface area contributed by atoms with Gasteiger partial charge in [0.15, 0.2) is 0 Å². The first-order valence-electron chi connectivity index (χ1n) is 6.96. The van der Waals surface area contributed by atoms with Crippen molar-refractivity contribution >= 4 is 17.3 Å². The maximum absolute atomic E-state index is 11.7. The number of hydrogen-bond acceptors (Lipinski definition) is 4. The van der Waals surface area contributed by atoms with E-state index in [0.29, 0.717) is 23.9 Å². The molecule has 1 aliphatic rings. The Morgan fingerprint density at radius 2 is 2.26 bits per heavy atom. The van der Waals surface area contributed by atoms with Crippen LogP contribution in [0, 0.1) is 0 Å². The van der Waals surface area contributed by atoms with E-state index in [9.17, 15) is 4.79 Å². The summed E-state index contributed by atoms with van der Waals surface area (Å²) in [7, 11) is 0. The lowest BCUT2D eigenvalue weighted by Gasteiger charge is -2.36. The molecule has 0 aliphatic carbocycles. The van der Waals surface area contributed by atoms with Gasteiger partial charge in [-0.25, -0.2) is 4.79 Å². The number of ether oxygens (including phenoxy) is 1. The molecule has 4 heteroatoms. The van der Waals surface area contributed by atoms with E-state index in [-0.39, 0.29) is 5.97 Å². The third kappa shape index (κ3) is 3.00. The molecular formula is C15H22N2O2. The minimum Gasteiger partial charge on any atom is -0.462 e. The molecule has 0 radical (unpaired) electrons. The van der Waals surface area contributed by atoms with Crippen molar-refractivity contribution < 1.29 is 9.53 Å². The molecule has 4 nitrogen and oxygen atoms in total. The second-order valence-electron chi connectivity index (χ2n) is 5.03. The van der Waals surface area contributed by atoms with Crippen LogP contribution < -0.4 is 10.6 Å². The maximum Gasteiger partial charge on any atom is 0.338 e. The Labute approximate surface area is 114 Å². The fourth-order valence-electron chi connectivity index (χ4n) is 2.61. The van der Waals surface area contributed by atoms with Crippen molar-refractivity contribution in [2.45, 2.75) is 39.2 Å². The Bertz CT molecular complexity index is 459. The van der Waals surface area contributed by atoms with Gasteiger partial charge in [0.05, 0.1) is 23.5 Å². The van der Waals surface area contributed by atoms with Gasteiger partial charge in [-0.1, -0.05) is 0 Å². The van der Waals surface area contributed by atoms with Crippen LogP contribution in [-0.2, 0) is 4.74 Å². The molecule has 0 aromatic heterocycles. The third-order valence-electron chi connectivity index (χ3n) is 3.65. The number of benzene rings is 1. The van der Waals surface area contributed by atoms with Gasteiger partial charge in [0.25, 0.3) is 0 Å². The van der Waals surface area contributed by atoms with Gasteiger partial charge < -0.3 is 15.4 Å². The first-order chi connectivity index (χ1) is 9.13. The number of esters is 1. The molecule has 0 saturated carbocycles. The predicted molar refractivity (Wildman–Crippen MR) is 77.5 cm³/mol. The summed E-state index contributed by atoms with van der Waals surface area (Å²) in [5, 5.41) is 0. The molecular weight excluding hydrogens is 240 g/mol. The summed E-state index contributed by atoms with van der Waals surface area (Å²) in [6.07, 6.45) is 3.67. The highest BCUT2D eigenvalue weighted by atomic mass is 16.5. The molecule has 2 rings (SSSR count). The first-order valence-corrected chi connectivity index (χ1v) is 6.96. The number of hydrogen-bond donors (Lipinski definition) is 1. The largest absolute Gasteiger partial charge is 0.462 e. The maximum atomic E-state index is 11.7. The number of piperidine rings is 1. The molecule has 19 heavy (non-hydrogen) atoms. The number of carbonyl (C=O) groups excluding carboxylic acids is 1. The summed E-state index contributed by atoms with van der Waals surface area (Å²) in [6, 6.07) is 5.95. The van der Waals surface area contributed by atoms with Crippen LogP contribution in [0.1, 0.15) is 43.5 Å². The van der Waals surface area contributed by atoms with E-state index in [1.807, 2.05) is 6.07 Å². The van der Waals surface area contributed by atoms with Gasteiger partial charge in [-0.15, -0.1) is 0 Å². The topological polar surface area (TPSA) is 55.6 Å². The Hall–Kier alpha value is -1.71. The van der Waals surface area contributed by atoms with Crippen molar-refractivity contribution in [3.63, 3.8) is 0 Å². The van der Waals surface area contributed by atoms with E-state index in [4.69, 9.17) is 10.5 Å². The summed E-state index contributed by atoms with van der Waals surface area (Å²) in [4.78, 5) is 14.0. The summed E-state index contributed by atoms with van der Waals surface area (Å²) >= 11 is 0. The van der Waals surface area contributed by atoms with Crippen LogP contribution in [0.2, 0.25) is 0 Å². The fourth-order valence-corrected chi connectivity index (χ4v) is 2.61. The fraction of sp³-hybridized carbons (Fsp3) is 0.533. The summed E-state index contributed by atoms with van der Waals surface area (Å²) in [6.45, 7) is 5.43. The predicted octanol–water partition coefficient (Wildman–Crippen LogP) is 2.82. The standard InChI is InChI=1S/C15H22N2O2/c1-3-19-15(18)12-7-8-14(13(16)10-12)17-9-5-4-6-11(17)2/h7-8,10-11H,3-6,9,16H2,1-2H3. The van der Waals surface area contributed by atoms with Crippen molar-refractivity contribution in [1.82, 2.24) is 0 Å². The van der Waals surface area contributed by atoms with Gasteiger partial charge in [0, 0.05) is 12.6 Å². The van der Waals surface area contributed by atoms with Gasteiger partial charge in [-0.2, -0.15) is 0 Å². The third-order valence-corrected chi connectivity index (χ3v) is 3.65. The number of nitrogens with zero attached hydrogens (tertiary/aromatic N) is 1. The summed E-state index contributed by atoms with van der Waals surface area (Å²) in [5.74, 6) is -0.313. The van der Waals surface area contributed by atoms with E-state index in [0.717, 1.165) is 12.2 Å². The zero-order valence-electron chi connectivity index (χ0n) is 11.7. The number of carbonyl (C=O) groups is 1. The van der Waals surface area contributed by atoms with E-state index < -0.39 is 0 Å². The van der Waals surface area contributed by atoms with E-state index >= 15 is 0 Å². The van der Waals surface area contributed by atoms with Crippen LogP contribution in [0.4, 0.5) is 11.4 Å². The monoisotopic (exact) mass is 262 g/mol. The molecule has 1 aliphatic heterocycles. The molecule has 1 saturated heterocycles. The minimum absolute atomic E-state index is 0.313. The Morgan fingerprint density at radius 3 is 2.89 bits per heavy atom. The van der Waals surface area contributed by atoms with Crippen LogP contribution >= 0.6 is 0 Å². The van der Waals surface area contributed by atoms with Gasteiger partial charge in [-0.3, -0.25) is 0 Å². The van der Waals surface area contributed by atoms with Crippen LogP contribution in [-0.4, -0.2) is 25.2 Å². The average molecular weight is 262 g/mol. The Kier molecular flexibility index (Phi) is 4.30. The van der Waals surface area contributed by atoms with Crippen LogP contribution in [0.3, 0.4) is 0 Å². The average Bonchev–Trinajstić information content (AvgIpc) is 2.40. The second kappa shape index (κ2) is 5.95. The molecule has 0 amide bonds. The van der Waals surface area contributed by atoms with Gasteiger partial charge in [0.1, 0.15) is 0 Å². The van der Waals surface area contributed by atoms with Crippen molar-refractivity contribution in [2.75, 3.05) is 23.8 Å². The Morgan fingerprint density at radius 1 is 1.47 bits per heavy atom. The lowest BCUT2D eigenvalue weighted by atomic mass is 10.0. The summed E-state index contributed by atoms with van der Waals surface area (Å²) in [5.41, 5.74) is 8.30. The lowest BCUT2D eigenvalue weighted by Crippen LogP contribution is -2.37. The van der Waals surface area contributed by atoms with Crippen molar-refractivity contribution in [3.8, 4) is 0 Å². The molecule has 0 spiro atoms. The highest BCUT2D eigenvalue weighted by Gasteiger charge is 2.21. The molecule has 1 unspecified atom stereocenters. The first kappa shape index (κ1) is 13.7. The van der Waals surface area contributed by atoms with Crippen molar-refractivity contribution in [1.29, 1.82) is 0 Å². The number of rotatable bonds is 3. The van der Waals surface area contributed by atoms with E-state index in [2.05, 4.69) is 11.8 Å². The summed E-state index contributed by atoms with van der Waals surface area (Å²) < 4.78 is 4.98. The molecule has 1 heterocycles. The quantitative estimate of drug-likeness (QED) is 0.672. The molecule has 1 aromatic rings. The van der Waals surface area contributed by atoms with Crippen LogP contribution in [0.5, 0.6) is 0 Å². The number of nitrogens with two attached hydrogens (primary N) is 1. The zero-order chi connectivity index (χ0) is 13.8. The van der Waals surface area contributed by atoms with E-state index in [1.165, 1.54) is 19.3 Å². The SMILES string of the molecule is CCOC(=O)c1ccc(N2CCCCC2C)c(N)c1. The highest BCUT2D eigenvalue weighted by Crippen LogP contribution is 2.30. The van der Waals surface area contributed by atoms with Crippen molar-refractivity contribution in [2.24, 2.45) is 0 Å². The molecule has 104 valence electrons. The van der Waals surface area contributed by atoms with Gasteiger partial charge in [-0.05, 0) is 51.3 Å². The number of nitrogen functional groups attached to an aromatic ring is 1. The van der Waals surface area contributed by atoms with E-state index in [1.54, 1.807) is 19.1 Å². The second-order valence-corrected chi connectivity index (χ2v) is 5.03. The lowest BCUT2D eigenvalue weighted by molar-refractivity contribution is 0.0526. The molecule has 0 bridgehead atoms. The molecule has 2 N–H and O–H groups in total. The Balaban J connectivity index is 2.21.